The Morgan fingerprint density at radius 1 is 1.08 bits per heavy atom. The van der Waals surface area contributed by atoms with E-state index in [1.54, 1.807) is 7.05 Å². The number of imidazole rings is 1. The van der Waals surface area contributed by atoms with Crippen LogP contribution < -0.4 is 15.4 Å². The van der Waals surface area contributed by atoms with Gasteiger partial charge in [-0.15, -0.1) is 0 Å². The first-order valence-corrected chi connectivity index (χ1v) is 8.82. The van der Waals surface area contributed by atoms with E-state index in [9.17, 15) is 0 Å². The van der Waals surface area contributed by atoms with E-state index in [0.29, 0.717) is 13.2 Å². The van der Waals surface area contributed by atoms with Gasteiger partial charge >= 0.3 is 0 Å². The largest absolute Gasteiger partial charge is 0.492 e. The van der Waals surface area contributed by atoms with Crippen LogP contribution in [0.2, 0.25) is 0 Å². The fourth-order valence-corrected chi connectivity index (χ4v) is 2.62. The molecular formula is C20H25N5O. The highest BCUT2D eigenvalue weighted by Gasteiger charge is 2.03. The molecule has 0 saturated heterocycles. The number of aryl methyl sites for hydroxylation is 1. The number of nitrogens with zero attached hydrogens (tertiary/aromatic N) is 2. The highest BCUT2D eigenvalue weighted by Crippen LogP contribution is 2.11. The van der Waals surface area contributed by atoms with Crippen molar-refractivity contribution < 1.29 is 4.74 Å². The fraction of sp³-hybridized carbons (Fsp3) is 0.300. The number of aromatic amines is 1. The Labute approximate surface area is 153 Å². The molecular weight excluding hydrogens is 326 g/mol. The first kappa shape index (κ1) is 17.8. The lowest BCUT2D eigenvalue weighted by Crippen LogP contribution is -2.40. The van der Waals surface area contributed by atoms with E-state index in [1.165, 1.54) is 5.56 Å². The summed E-state index contributed by atoms with van der Waals surface area (Å²) in [4.78, 5) is 12.1. The first-order valence-electron chi connectivity index (χ1n) is 8.82. The molecule has 0 bridgehead atoms. The molecule has 26 heavy (non-hydrogen) atoms. The summed E-state index contributed by atoms with van der Waals surface area (Å²) in [5, 5.41) is 6.54. The van der Waals surface area contributed by atoms with Gasteiger partial charge in [-0.05, 0) is 31.2 Å². The number of nitrogens with one attached hydrogen (secondary N) is 3. The van der Waals surface area contributed by atoms with Crippen molar-refractivity contribution in [2.24, 2.45) is 4.99 Å². The zero-order valence-electron chi connectivity index (χ0n) is 15.2. The molecule has 3 rings (SSSR count). The van der Waals surface area contributed by atoms with Gasteiger partial charge in [-0.3, -0.25) is 4.99 Å². The smallest absolute Gasteiger partial charge is 0.191 e. The molecule has 136 valence electrons. The van der Waals surface area contributed by atoms with Crippen molar-refractivity contribution in [1.82, 2.24) is 20.6 Å². The normalized spacial score (nSPS) is 11.5. The SMILES string of the molecule is CN=C(NCCOc1ccc(C)cc1)NCCc1nc2ccccc2[nH]1. The number of aliphatic imine (C=N–C) groups is 1. The summed E-state index contributed by atoms with van der Waals surface area (Å²) < 4.78 is 5.70. The zero-order chi connectivity index (χ0) is 18.2. The van der Waals surface area contributed by atoms with Crippen LogP contribution in [0.3, 0.4) is 0 Å². The third kappa shape index (κ3) is 4.99. The van der Waals surface area contributed by atoms with Gasteiger partial charge in [0.15, 0.2) is 5.96 Å². The maximum Gasteiger partial charge on any atom is 0.191 e. The lowest BCUT2D eigenvalue weighted by molar-refractivity contribution is 0.322. The molecule has 0 fully saturated rings. The molecule has 6 heteroatoms. The van der Waals surface area contributed by atoms with E-state index < -0.39 is 0 Å². The Balaban J connectivity index is 1.37. The molecule has 6 nitrogen and oxygen atoms in total. The lowest BCUT2D eigenvalue weighted by Gasteiger charge is -2.12. The molecule has 3 N–H and O–H groups in total. The quantitative estimate of drug-likeness (QED) is 0.348. The Morgan fingerprint density at radius 2 is 1.85 bits per heavy atom. The van der Waals surface area contributed by atoms with Crippen molar-refractivity contribution in [1.29, 1.82) is 0 Å². The number of hydrogen-bond acceptors (Lipinski definition) is 3. The standard InChI is InChI=1S/C20H25N5O/c1-15-7-9-16(10-8-15)26-14-13-23-20(21-2)22-12-11-19-24-17-5-3-4-6-18(17)25-19/h3-10H,11-14H2,1-2H3,(H,24,25)(H2,21,22,23). The number of benzene rings is 2. The van der Waals surface area contributed by atoms with E-state index >= 15 is 0 Å². The van der Waals surface area contributed by atoms with E-state index in [4.69, 9.17) is 4.74 Å². The molecule has 0 radical (unpaired) electrons. The van der Waals surface area contributed by atoms with E-state index in [0.717, 1.165) is 41.5 Å². The topological polar surface area (TPSA) is 74.3 Å². The highest BCUT2D eigenvalue weighted by molar-refractivity contribution is 5.79. The van der Waals surface area contributed by atoms with E-state index in [1.807, 2.05) is 48.5 Å². The summed E-state index contributed by atoms with van der Waals surface area (Å²) >= 11 is 0. The van der Waals surface area contributed by atoms with Gasteiger partial charge < -0.3 is 20.4 Å². The Bertz CT molecular complexity index is 821. The second-order valence-electron chi connectivity index (χ2n) is 6.04. The highest BCUT2D eigenvalue weighted by atomic mass is 16.5. The van der Waals surface area contributed by atoms with Crippen molar-refractivity contribution in [3.8, 4) is 5.75 Å². The van der Waals surface area contributed by atoms with Gasteiger partial charge in [0, 0.05) is 20.0 Å². The molecule has 0 amide bonds. The Hall–Kier alpha value is -3.02. The summed E-state index contributed by atoms with van der Waals surface area (Å²) in [6.07, 6.45) is 0.801. The van der Waals surface area contributed by atoms with Crippen molar-refractivity contribution in [2.75, 3.05) is 26.7 Å². The number of guanidine groups is 1. The average molecular weight is 351 g/mol. The number of hydrogen-bond donors (Lipinski definition) is 3. The third-order valence-corrected chi connectivity index (χ3v) is 4.00. The van der Waals surface area contributed by atoms with Gasteiger partial charge in [-0.2, -0.15) is 0 Å². The number of ether oxygens (including phenoxy) is 1. The van der Waals surface area contributed by atoms with Gasteiger partial charge in [0.05, 0.1) is 17.6 Å². The van der Waals surface area contributed by atoms with Gasteiger partial charge in [-0.25, -0.2) is 4.98 Å². The fourth-order valence-electron chi connectivity index (χ4n) is 2.62. The second-order valence-corrected chi connectivity index (χ2v) is 6.04. The van der Waals surface area contributed by atoms with Crippen LogP contribution in [0, 0.1) is 6.92 Å². The van der Waals surface area contributed by atoms with Crippen LogP contribution in [-0.4, -0.2) is 42.7 Å². The van der Waals surface area contributed by atoms with Crippen LogP contribution in [0.15, 0.2) is 53.5 Å². The molecule has 3 aromatic rings. The Kier molecular flexibility index (Phi) is 6.09. The minimum atomic E-state index is 0.577. The van der Waals surface area contributed by atoms with Gasteiger partial charge in [0.1, 0.15) is 18.2 Å². The molecule has 0 atom stereocenters. The van der Waals surface area contributed by atoms with Crippen LogP contribution in [0.4, 0.5) is 0 Å². The third-order valence-electron chi connectivity index (χ3n) is 4.00. The molecule has 0 spiro atoms. The van der Waals surface area contributed by atoms with Crippen molar-refractivity contribution >= 4 is 17.0 Å². The number of H-pyrrole nitrogens is 1. The zero-order valence-corrected chi connectivity index (χ0v) is 15.2. The minimum Gasteiger partial charge on any atom is -0.492 e. The van der Waals surface area contributed by atoms with Gasteiger partial charge in [-0.1, -0.05) is 29.8 Å². The molecule has 1 aromatic heterocycles. The van der Waals surface area contributed by atoms with Crippen molar-refractivity contribution in [3.05, 3.63) is 59.9 Å². The number of aromatic nitrogens is 2. The average Bonchev–Trinajstić information content (AvgIpc) is 3.08. The van der Waals surface area contributed by atoms with E-state index in [2.05, 4.69) is 32.5 Å². The maximum atomic E-state index is 5.70. The molecule has 2 aromatic carbocycles. The van der Waals surface area contributed by atoms with Crippen LogP contribution in [0.25, 0.3) is 11.0 Å². The number of fused-ring (bicyclic) bond motifs is 1. The summed E-state index contributed by atoms with van der Waals surface area (Å²) in [5.74, 6) is 2.61. The lowest BCUT2D eigenvalue weighted by atomic mass is 10.2. The van der Waals surface area contributed by atoms with Crippen LogP contribution in [-0.2, 0) is 6.42 Å². The summed E-state index contributed by atoms with van der Waals surface area (Å²) in [6.45, 7) is 4.07. The molecule has 1 heterocycles. The molecule has 0 aliphatic carbocycles. The molecule has 0 unspecified atom stereocenters. The van der Waals surface area contributed by atoms with Gasteiger partial charge in [0.2, 0.25) is 0 Å². The minimum absolute atomic E-state index is 0.577. The van der Waals surface area contributed by atoms with Crippen LogP contribution >= 0.6 is 0 Å². The number of rotatable bonds is 7. The Morgan fingerprint density at radius 3 is 2.62 bits per heavy atom. The summed E-state index contributed by atoms with van der Waals surface area (Å²) in [6, 6.07) is 16.1. The van der Waals surface area contributed by atoms with Crippen molar-refractivity contribution in [2.45, 2.75) is 13.3 Å². The van der Waals surface area contributed by atoms with Gasteiger partial charge in [0.25, 0.3) is 0 Å². The van der Waals surface area contributed by atoms with Crippen LogP contribution in [0.5, 0.6) is 5.75 Å². The predicted molar refractivity (Wildman–Crippen MR) is 106 cm³/mol. The monoisotopic (exact) mass is 351 g/mol. The summed E-state index contributed by atoms with van der Waals surface area (Å²) in [7, 11) is 1.76. The second kappa shape index (κ2) is 8.89. The van der Waals surface area contributed by atoms with E-state index in [-0.39, 0.29) is 0 Å². The summed E-state index contributed by atoms with van der Waals surface area (Å²) in [5.41, 5.74) is 3.29. The van der Waals surface area contributed by atoms with Crippen molar-refractivity contribution in [3.63, 3.8) is 0 Å². The molecule has 0 saturated carbocycles. The predicted octanol–water partition coefficient (Wildman–Crippen LogP) is 2.66. The van der Waals surface area contributed by atoms with Crippen LogP contribution in [0.1, 0.15) is 11.4 Å². The molecule has 0 aliphatic heterocycles. The first-order chi connectivity index (χ1) is 12.7. The number of para-hydroxylation sites is 2. The molecule has 0 aliphatic rings. The maximum absolute atomic E-state index is 5.70.